The summed E-state index contributed by atoms with van der Waals surface area (Å²) in [5, 5.41) is 68.5. The number of primary amides is 2. The summed E-state index contributed by atoms with van der Waals surface area (Å²) < 4.78 is 0. The molecule has 27 heteroatoms. The first kappa shape index (κ1) is 89.7. The molecule has 10 aromatic rings. The predicted octanol–water partition coefficient (Wildman–Crippen LogP) is 14.0. The van der Waals surface area contributed by atoms with Crippen molar-refractivity contribution in [2.45, 2.75) is 134 Å². The Kier molecular flexibility index (Phi) is 35.2. The molecule has 0 spiro atoms. The van der Waals surface area contributed by atoms with Gasteiger partial charge in [0.2, 0.25) is 29.5 Å². The van der Waals surface area contributed by atoms with Crippen molar-refractivity contribution in [1.29, 1.82) is 0 Å². The van der Waals surface area contributed by atoms with Gasteiger partial charge in [-0.2, -0.15) is 0 Å². The molecule has 0 saturated heterocycles. The fraction of sp³-hybridized carbons (Fsp3) is 0.256. The van der Waals surface area contributed by atoms with E-state index >= 15 is 0 Å². The average Bonchev–Trinajstić information content (AvgIpc) is 1.73. The van der Waals surface area contributed by atoms with Gasteiger partial charge in [-0.1, -0.05) is 188 Å². The van der Waals surface area contributed by atoms with Gasteiger partial charge in [-0.05, 0) is 164 Å². The average molecular weight is 1640 g/mol. The number of carboxylic acids is 6. The van der Waals surface area contributed by atoms with Gasteiger partial charge >= 0.3 is 35.8 Å². The molecule has 0 aliphatic rings. The van der Waals surface area contributed by atoms with Gasteiger partial charge in [-0.3, -0.25) is 62.3 Å². The Labute approximate surface area is 687 Å². The first-order valence-electron chi connectivity index (χ1n) is 37.7. The molecule has 0 aliphatic heterocycles. The third-order valence-corrected chi connectivity index (χ3v) is 21.9. The lowest BCUT2D eigenvalue weighted by Gasteiger charge is -2.23. The first-order chi connectivity index (χ1) is 56.1. The Morgan fingerprint density at radius 3 is 1.08 bits per heavy atom. The molecular formula is C90H91N5O19S3. The van der Waals surface area contributed by atoms with Gasteiger partial charge < -0.3 is 58.1 Å². The highest BCUT2D eigenvalue weighted by Gasteiger charge is 2.31. The lowest BCUT2D eigenvalue weighted by atomic mass is 9.90. The van der Waals surface area contributed by atoms with E-state index in [9.17, 15) is 72.5 Å². The topological polar surface area (TPSA) is 431 Å². The van der Waals surface area contributed by atoms with Crippen molar-refractivity contribution < 1.29 is 93.0 Å². The molecule has 0 saturated carbocycles. The Hall–Kier alpha value is -12.9. The zero-order valence-electron chi connectivity index (χ0n) is 63.8. The molecule has 117 heavy (non-hydrogen) atoms. The lowest BCUT2D eigenvalue weighted by molar-refractivity contribution is -0.142. The summed E-state index contributed by atoms with van der Waals surface area (Å²) >= 11 is 4.95. The third-order valence-electron chi connectivity index (χ3n) is 19.0. The van der Waals surface area contributed by atoms with E-state index in [1.165, 1.54) is 27.1 Å². The van der Waals surface area contributed by atoms with Gasteiger partial charge in [0.1, 0.15) is 6.04 Å². The number of carboxylic acid groups (broad SMARTS) is 6. The minimum Gasteiger partial charge on any atom is -0.481 e. The number of ketones is 2. The Balaban J connectivity index is 0.000000223. The first-order valence-corrected chi connectivity index (χ1v) is 40.4. The molecule has 0 bridgehead atoms. The van der Waals surface area contributed by atoms with Crippen LogP contribution in [0.2, 0.25) is 0 Å². The van der Waals surface area contributed by atoms with E-state index in [2.05, 4.69) is 74.6 Å². The number of carbonyl (C=O) groups excluding carboxylic acids is 7. The number of rotatable bonds is 43. The predicted molar refractivity (Wildman–Crippen MR) is 448 cm³/mol. The molecule has 0 aliphatic carbocycles. The third kappa shape index (κ3) is 30.8. The van der Waals surface area contributed by atoms with E-state index in [0.717, 1.165) is 48.7 Å². The molecule has 3 heterocycles. The van der Waals surface area contributed by atoms with Crippen LogP contribution < -0.4 is 27.4 Å². The number of hydrogen-bond acceptors (Lipinski definition) is 16. The van der Waals surface area contributed by atoms with Crippen molar-refractivity contribution in [3.63, 3.8) is 0 Å². The van der Waals surface area contributed by atoms with Crippen LogP contribution in [0.5, 0.6) is 0 Å². The van der Waals surface area contributed by atoms with Gasteiger partial charge in [0.05, 0.1) is 30.8 Å². The number of aryl methyl sites for hydroxylation is 2. The van der Waals surface area contributed by atoms with Crippen LogP contribution in [0.1, 0.15) is 111 Å². The van der Waals surface area contributed by atoms with E-state index in [0.29, 0.717) is 29.5 Å². The maximum Gasteiger partial charge on any atom is 0.307 e. The fourth-order valence-electron chi connectivity index (χ4n) is 12.7. The molecule has 5 atom stereocenters. The van der Waals surface area contributed by atoms with E-state index < -0.39 is 109 Å². The molecule has 0 fully saturated rings. The summed E-state index contributed by atoms with van der Waals surface area (Å²) in [4.78, 5) is 158. The SMILES string of the molecule is NC(=O)[C@H](CCC(=O)O)NC(=O)CCc1ccc(-c2cc(-c3ccccc3)cs2)cc1.NC(=O)[C@H](CCCC(=O)O)CC(=O)[C@H](CCC(=O)O)NC(=O)[C@@H](CC(=O)O)Cc1ccc(-c2cc(-c3ccccc3)cs2)cc1.O=C(O)CC[C@H](NC(=O)CCc1ccc(-c2cc(-c3ccccc3)cs2)cc1)C(=O)Cc1cccc(CC(=O)O)c1. The Morgan fingerprint density at radius 2 is 0.692 bits per heavy atom. The highest BCUT2D eigenvalue weighted by molar-refractivity contribution is 7.14. The number of aliphatic carboxylic acids is 6. The number of Topliss-reactive ketones (excluding diaryl/α,β-unsaturated/α-hetero) is 2. The molecule has 10 rings (SSSR count). The lowest BCUT2D eigenvalue weighted by Crippen LogP contribution is -2.46. The molecule has 7 aromatic carbocycles. The summed E-state index contributed by atoms with van der Waals surface area (Å²) in [5.41, 5.74) is 24.6. The van der Waals surface area contributed by atoms with Crippen LogP contribution in [0.25, 0.3) is 64.7 Å². The van der Waals surface area contributed by atoms with Crippen LogP contribution in [0.3, 0.4) is 0 Å². The number of amides is 5. The van der Waals surface area contributed by atoms with E-state index in [-0.39, 0.29) is 101 Å². The number of thiophene rings is 3. The molecule has 5 amide bonds. The van der Waals surface area contributed by atoms with Crippen LogP contribution in [0.4, 0.5) is 0 Å². The van der Waals surface area contributed by atoms with Gasteiger partial charge in [0.25, 0.3) is 0 Å². The van der Waals surface area contributed by atoms with Crippen molar-refractivity contribution in [3.05, 3.63) is 250 Å². The monoisotopic (exact) mass is 1640 g/mol. The molecule has 0 unspecified atom stereocenters. The number of carbonyl (C=O) groups is 13. The minimum absolute atomic E-state index is 0.0170. The van der Waals surface area contributed by atoms with Crippen LogP contribution in [0.15, 0.2) is 222 Å². The van der Waals surface area contributed by atoms with Gasteiger partial charge in [0.15, 0.2) is 11.6 Å². The molecule has 24 nitrogen and oxygen atoms in total. The number of nitrogens with one attached hydrogen (secondary N) is 3. The maximum atomic E-state index is 13.3. The van der Waals surface area contributed by atoms with Crippen molar-refractivity contribution in [2.24, 2.45) is 23.3 Å². The van der Waals surface area contributed by atoms with Crippen molar-refractivity contribution >= 4 is 111 Å². The summed E-state index contributed by atoms with van der Waals surface area (Å²) in [7, 11) is 0. The van der Waals surface area contributed by atoms with Crippen LogP contribution in [-0.4, -0.2) is 126 Å². The summed E-state index contributed by atoms with van der Waals surface area (Å²) in [6, 6.07) is 63.8. The summed E-state index contributed by atoms with van der Waals surface area (Å²) in [6.45, 7) is 0. The Morgan fingerprint density at radius 1 is 0.308 bits per heavy atom. The van der Waals surface area contributed by atoms with Gasteiger partial charge in [-0.25, -0.2) is 0 Å². The normalized spacial score (nSPS) is 12.1. The van der Waals surface area contributed by atoms with Crippen LogP contribution in [-0.2, 0) is 94.4 Å². The summed E-state index contributed by atoms with van der Waals surface area (Å²) in [5.74, 6) is -12.5. The van der Waals surface area contributed by atoms with Crippen LogP contribution >= 0.6 is 34.0 Å². The second kappa shape index (κ2) is 45.9. The van der Waals surface area contributed by atoms with Gasteiger partial charge in [-0.15, -0.1) is 34.0 Å². The largest absolute Gasteiger partial charge is 0.481 e. The molecular weight excluding hydrogens is 1550 g/mol. The van der Waals surface area contributed by atoms with E-state index in [1.54, 1.807) is 70.4 Å². The molecule has 13 N–H and O–H groups in total. The quantitative estimate of drug-likeness (QED) is 0.0169. The second-order valence-corrected chi connectivity index (χ2v) is 30.6. The molecule has 3 aromatic heterocycles. The smallest absolute Gasteiger partial charge is 0.307 e. The number of benzene rings is 7. The van der Waals surface area contributed by atoms with E-state index in [4.69, 9.17) is 31.9 Å². The second-order valence-electron chi connectivity index (χ2n) is 27.9. The van der Waals surface area contributed by atoms with Gasteiger partial charge in [0, 0.05) is 71.9 Å². The molecule has 0 radical (unpaired) electrons. The highest BCUT2D eigenvalue weighted by atomic mass is 32.1. The van der Waals surface area contributed by atoms with Crippen LogP contribution in [0, 0.1) is 11.8 Å². The van der Waals surface area contributed by atoms with Crippen molar-refractivity contribution in [1.82, 2.24) is 16.0 Å². The van der Waals surface area contributed by atoms with E-state index in [1.807, 2.05) is 127 Å². The fourth-order valence-corrected chi connectivity index (χ4v) is 15.4. The zero-order valence-corrected chi connectivity index (χ0v) is 66.3. The highest BCUT2D eigenvalue weighted by Crippen LogP contribution is 2.36. The minimum atomic E-state index is -1.30. The maximum absolute atomic E-state index is 13.3. The van der Waals surface area contributed by atoms with Crippen molar-refractivity contribution in [2.75, 3.05) is 0 Å². The standard InChI is InChI=1S/C33H36N2O9S.C33H31NO6S.C24H24N2O4S/c34-32(43)23(7-4-8-29(37)38)16-27(36)26(13-14-30(39)40)35-33(44)24(18-31(41)42)15-20-9-11-22(12-10-20)28-17-25(19-45-28)21-5-2-1-3-6-21;35-29(18-23-5-4-6-24(17-23)19-33(39)40)28(14-16-32(37)38)34-31(36)15-11-22-9-12-26(13-10-22)30-20-27(21-41-30)25-7-2-1-3-8-25;25-24(30)20(11-13-23(28)29)26-22(27)12-8-16-6-9-18(10-7-16)21-14-19(15-31-21)17-4-2-1-3-5-17/h1-3,5-6,9-12,17,19,23-24,26H,4,7-8,13-16,18H2,(H2,34,43)(H,35,44)(H,37,38)(H,39,40)(H,41,42);1-10,12-13,17,20-21,28H,11,14-16,18-19H2,(H,34,36)(H,37,38)(H,39,40);1-7,9-10,14-15,20H,8,11-13H2,(H2,25,30)(H,26,27)(H,28,29)/t23-,24-,26+;28-;20-/m100/s1. The van der Waals surface area contributed by atoms with Crippen molar-refractivity contribution in [3.8, 4) is 64.7 Å². The number of nitrogens with two attached hydrogens (primary N) is 2. The molecule has 608 valence electrons. The zero-order chi connectivity index (χ0) is 84.3. The Bertz CT molecular complexity index is 5050. The number of hydrogen-bond donors (Lipinski definition) is 11. The summed E-state index contributed by atoms with van der Waals surface area (Å²) in [6.07, 6.45) is -1.12.